The Bertz CT molecular complexity index is 1010. The molecule has 2 aromatic rings. The summed E-state index contributed by atoms with van der Waals surface area (Å²) < 4.78 is 1.30. The number of aromatic nitrogens is 2. The molecule has 0 unspecified atom stereocenters. The van der Waals surface area contributed by atoms with Crippen molar-refractivity contribution in [1.82, 2.24) is 19.6 Å². The second-order valence-electron chi connectivity index (χ2n) is 8.83. The van der Waals surface area contributed by atoms with Crippen molar-refractivity contribution in [3.8, 4) is 0 Å². The van der Waals surface area contributed by atoms with Crippen LogP contribution in [0.2, 0.25) is 5.02 Å². The summed E-state index contributed by atoms with van der Waals surface area (Å²) in [6, 6.07) is 7.60. The number of benzene rings is 1. The first kappa shape index (κ1) is 22.3. The molecule has 3 amide bonds. The largest absolute Gasteiger partial charge is 0.344 e. The molecule has 1 aromatic carbocycles. The summed E-state index contributed by atoms with van der Waals surface area (Å²) >= 11 is 5.98. The van der Waals surface area contributed by atoms with Crippen molar-refractivity contribution in [2.45, 2.75) is 39.3 Å². The van der Waals surface area contributed by atoms with Crippen LogP contribution in [-0.4, -0.2) is 63.6 Å². The van der Waals surface area contributed by atoms with E-state index in [2.05, 4.69) is 5.10 Å². The molecule has 2 fully saturated rings. The molecule has 32 heavy (non-hydrogen) atoms. The lowest BCUT2D eigenvalue weighted by molar-refractivity contribution is -0.131. The number of carbonyl (C=O) groups excluding carboxylic acids is 3. The average Bonchev–Trinajstić information content (AvgIpc) is 3.46. The van der Waals surface area contributed by atoms with Gasteiger partial charge in [-0.3, -0.25) is 9.59 Å². The van der Waals surface area contributed by atoms with Gasteiger partial charge in [0.15, 0.2) is 0 Å². The molecule has 4 rings (SSSR count). The van der Waals surface area contributed by atoms with Crippen LogP contribution < -0.4 is 4.90 Å². The maximum absolute atomic E-state index is 12.9. The molecule has 0 N–H and O–H groups in total. The van der Waals surface area contributed by atoms with Crippen LogP contribution in [0.15, 0.2) is 36.7 Å². The summed E-state index contributed by atoms with van der Waals surface area (Å²) in [5.41, 5.74) is 1.65. The average molecular weight is 458 g/mol. The summed E-state index contributed by atoms with van der Waals surface area (Å²) in [7, 11) is 1.65. The van der Waals surface area contributed by atoms with Gasteiger partial charge in [-0.1, -0.05) is 23.7 Å². The van der Waals surface area contributed by atoms with E-state index in [-0.39, 0.29) is 23.9 Å². The van der Waals surface area contributed by atoms with Gasteiger partial charge in [-0.05, 0) is 42.4 Å². The van der Waals surface area contributed by atoms with Gasteiger partial charge in [0.25, 0.3) is 0 Å². The van der Waals surface area contributed by atoms with Gasteiger partial charge in [0.2, 0.25) is 11.8 Å². The van der Waals surface area contributed by atoms with Crippen LogP contribution in [0.25, 0.3) is 0 Å². The number of hydrogen-bond acceptors (Lipinski definition) is 4. The Labute approximate surface area is 192 Å². The first-order chi connectivity index (χ1) is 15.2. The molecule has 1 aliphatic heterocycles. The monoisotopic (exact) mass is 457 g/mol. The van der Waals surface area contributed by atoms with Crippen molar-refractivity contribution in [3.63, 3.8) is 0 Å². The zero-order valence-electron chi connectivity index (χ0n) is 18.6. The van der Waals surface area contributed by atoms with E-state index in [1.54, 1.807) is 20.2 Å². The zero-order chi connectivity index (χ0) is 23.0. The molecule has 8 nitrogen and oxygen atoms in total. The molecule has 3 atom stereocenters. The number of rotatable bonds is 4. The molecule has 9 heteroatoms. The highest BCUT2D eigenvalue weighted by Crippen LogP contribution is 2.41. The number of amides is 3. The lowest BCUT2D eigenvalue weighted by Gasteiger charge is -2.29. The predicted octanol–water partition coefficient (Wildman–Crippen LogP) is 3.25. The van der Waals surface area contributed by atoms with Gasteiger partial charge in [0, 0.05) is 51.6 Å². The quantitative estimate of drug-likeness (QED) is 0.706. The third-order valence-corrected chi connectivity index (χ3v) is 6.98. The van der Waals surface area contributed by atoms with Gasteiger partial charge in [0.05, 0.1) is 18.1 Å². The lowest BCUT2D eigenvalue weighted by atomic mass is 10.0. The highest BCUT2D eigenvalue weighted by molar-refractivity contribution is 6.30. The number of fused-ring (bicyclic) bond motifs is 1. The molecule has 2 aliphatic rings. The van der Waals surface area contributed by atoms with Crippen LogP contribution in [0.3, 0.4) is 0 Å². The fourth-order valence-corrected chi connectivity index (χ4v) is 5.01. The predicted molar refractivity (Wildman–Crippen MR) is 121 cm³/mol. The molecular formula is C23H28ClN5O3. The number of hydrogen-bond donors (Lipinski definition) is 0. The van der Waals surface area contributed by atoms with Gasteiger partial charge in [-0.2, -0.15) is 9.78 Å². The van der Waals surface area contributed by atoms with Gasteiger partial charge in [-0.25, -0.2) is 4.79 Å². The van der Waals surface area contributed by atoms with Crippen molar-refractivity contribution in [3.05, 3.63) is 47.2 Å². The van der Waals surface area contributed by atoms with Crippen LogP contribution >= 0.6 is 11.6 Å². The topological polar surface area (TPSA) is 78.8 Å². The van der Waals surface area contributed by atoms with E-state index in [1.807, 2.05) is 34.1 Å². The molecule has 0 spiro atoms. The molecule has 1 saturated carbocycles. The number of carbonyl (C=O) groups is 3. The lowest BCUT2D eigenvalue weighted by Crippen LogP contribution is -2.39. The molecule has 1 aliphatic carbocycles. The molecule has 0 bridgehead atoms. The van der Waals surface area contributed by atoms with Crippen molar-refractivity contribution in [1.29, 1.82) is 0 Å². The molecule has 2 heterocycles. The molecule has 170 valence electrons. The van der Waals surface area contributed by atoms with E-state index in [0.717, 1.165) is 18.4 Å². The van der Waals surface area contributed by atoms with Gasteiger partial charge >= 0.3 is 6.03 Å². The van der Waals surface area contributed by atoms with E-state index >= 15 is 0 Å². The standard InChI is InChI=1S/C23H28ClN5O3/c1-15(30)26(3)22-10-25-29(14-22)23(32)27-12-18-8-21(9-19(18)13-27)28(16(2)31)11-17-4-6-20(24)7-5-17/h4-7,10,14,18-19,21H,8-9,11-13H2,1-3H3/t18-,19+,21-. The Morgan fingerprint density at radius 2 is 1.69 bits per heavy atom. The SMILES string of the molecule is CC(=O)N(C)c1cnn(C(=O)N2C[C@H]3C[C@@H](N(Cc4ccc(Cl)cc4)C(C)=O)C[C@H]3C2)c1. The first-order valence-electron chi connectivity index (χ1n) is 10.8. The minimum atomic E-state index is -0.177. The highest BCUT2D eigenvalue weighted by Gasteiger charge is 2.45. The Balaban J connectivity index is 1.38. The Morgan fingerprint density at radius 1 is 1.06 bits per heavy atom. The van der Waals surface area contributed by atoms with Crippen molar-refractivity contribution in [2.24, 2.45) is 11.8 Å². The van der Waals surface area contributed by atoms with Crippen LogP contribution in [0.4, 0.5) is 10.5 Å². The molecular weight excluding hydrogens is 430 g/mol. The molecule has 1 aromatic heterocycles. The van der Waals surface area contributed by atoms with E-state index in [4.69, 9.17) is 11.6 Å². The van der Waals surface area contributed by atoms with E-state index in [1.165, 1.54) is 22.7 Å². The number of nitrogens with zero attached hydrogens (tertiary/aromatic N) is 5. The Kier molecular flexibility index (Phi) is 6.24. The second kappa shape index (κ2) is 8.94. The smallest absolute Gasteiger partial charge is 0.336 e. The minimum Gasteiger partial charge on any atom is -0.336 e. The zero-order valence-corrected chi connectivity index (χ0v) is 19.3. The van der Waals surface area contributed by atoms with Crippen molar-refractivity contribution < 1.29 is 14.4 Å². The number of likely N-dealkylation sites (tertiary alicyclic amines) is 1. The Morgan fingerprint density at radius 3 is 2.25 bits per heavy atom. The van der Waals surface area contributed by atoms with Crippen LogP contribution in [0.1, 0.15) is 32.3 Å². The third kappa shape index (κ3) is 4.50. The summed E-state index contributed by atoms with van der Waals surface area (Å²) in [4.78, 5) is 42.1. The van der Waals surface area contributed by atoms with E-state index < -0.39 is 0 Å². The fraction of sp³-hybridized carbons (Fsp3) is 0.478. The van der Waals surface area contributed by atoms with Crippen LogP contribution in [0, 0.1) is 11.8 Å². The minimum absolute atomic E-state index is 0.0662. The maximum Gasteiger partial charge on any atom is 0.344 e. The maximum atomic E-state index is 12.9. The molecule has 1 saturated heterocycles. The van der Waals surface area contributed by atoms with Crippen molar-refractivity contribution in [2.75, 3.05) is 25.0 Å². The van der Waals surface area contributed by atoms with Crippen LogP contribution in [-0.2, 0) is 16.1 Å². The third-order valence-electron chi connectivity index (χ3n) is 6.73. The summed E-state index contributed by atoms with van der Waals surface area (Å²) in [6.45, 7) is 4.97. The van der Waals surface area contributed by atoms with Gasteiger partial charge in [0.1, 0.15) is 0 Å². The van der Waals surface area contributed by atoms with Crippen molar-refractivity contribution >= 4 is 35.1 Å². The first-order valence-corrected chi connectivity index (χ1v) is 11.2. The van der Waals surface area contributed by atoms with Crippen LogP contribution in [0.5, 0.6) is 0 Å². The normalized spacial score (nSPS) is 22.0. The van der Waals surface area contributed by atoms with Gasteiger partial charge in [-0.15, -0.1) is 0 Å². The second-order valence-corrected chi connectivity index (χ2v) is 9.26. The summed E-state index contributed by atoms with van der Waals surface area (Å²) in [5.74, 6) is 0.681. The number of halogens is 1. The Hall–Kier alpha value is -2.87. The van der Waals surface area contributed by atoms with Gasteiger partial charge < -0.3 is 14.7 Å². The summed E-state index contributed by atoms with van der Waals surface area (Å²) in [5, 5.41) is 4.83. The molecule has 0 radical (unpaired) electrons. The fourth-order valence-electron chi connectivity index (χ4n) is 4.88. The van der Waals surface area contributed by atoms with E-state index in [0.29, 0.717) is 42.2 Å². The number of anilines is 1. The summed E-state index contributed by atoms with van der Waals surface area (Å²) in [6.07, 6.45) is 4.88. The van der Waals surface area contributed by atoms with E-state index in [9.17, 15) is 14.4 Å². The highest BCUT2D eigenvalue weighted by atomic mass is 35.5.